The summed E-state index contributed by atoms with van der Waals surface area (Å²) in [4.78, 5) is 11.0. The summed E-state index contributed by atoms with van der Waals surface area (Å²) in [7, 11) is 0. The Hall–Kier alpha value is -0.370. The molecule has 0 saturated carbocycles. The van der Waals surface area contributed by atoms with Gasteiger partial charge >= 0.3 is 0 Å². The molecule has 11 heavy (non-hydrogen) atoms. The zero-order chi connectivity index (χ0) is 9.07. The summed E-state index contributed by atoms with van der Waals surface area (Å²) in [6.07, 6.45) is 0.868. The monoisotopic (exact) mass is 157 g/mol. The van der Waals surface area contributed by atoms with E-state index < -0.39 is 0 Å². The molecule has 66 valence electrons. The van der Waals surface area contributed by atoms with Crippen LogP contribution >= 0.6 is 0 Å². The number of carbonyl (C=O) groups is 1. The third kappa shape index (κ3) is 4.96. The molecule has 0 aromatic heterocycles. The van der Waals surface area contributed by atoms with Gasteiger partial charge in [-0.05, 0) is 34.1 Å². The van der Waals surface area contributed by atoms with Gasteiger partial charge in [0.25, 0.3) is 0 Å². The molecule has 0 spiro atoms. The van der Waals surface area contributed by atoms with Crippen LogP contribution in [0.25, 0.3) is 0 Å². The quantitative estimate of drug-likeness (QED) is 0.676. The summed E-state index contributed by atoms with van der Waals surface area (Å²) >= 11 is 0. The van der Waals surface area contributed by atoms with Crippen molar-refractivity contribution in [2.75, 3.05) is 0 Å². The first-order valence-electron chi connectivity index (χ1n) is 4.15. The van der Waals surface area contributed by atoms with Gasteiger partial charge in [-0.15, -0.1) is 0 Å². The van der Waals surface area contributed by atoms with Crippen molar-refractivity contribution in [3.63, 3.8) is 0 Å². The molecule has 0 aliphatic carbocycles. The minimum Gasteiger partial charge on any atom is -0.303 e. The smallest absolute Gasteiger partial charge is 0.146 e. The fourth-order valence-corrected chi connectivity index (χ4v) is 1.01. The summed E-state index contributed by atoms with van der Waals surface area (Å²) in [6.45, 7) is 9.85. The second kappa shape index (κ2) is 3.86. The van der Waals surface area contributed by atoms with Crippen molar-refractivity contribution in [3.8, 4) is 0 Å². The average molecular weight is 157 g/mol. The topological polar surface area (TPSA) is 29.1 Å². The van der Waals surface area contributed by atoms with Crippen LogP contribution in [-0.4, -0.2) is 17.4 Å². The number of Topliss-reactive ketones (excluding diaryl/α,β-unsaturated/α-hetero) is 1. The van der Waals surface area contributed by atoms with Crippen LogP contribution in [0, 0.1) is 0 Å². The fraction of sp³-hybridized carbons (Fsp3) is 0.889. The van der Waals surface area contributed by atoms with E-state index in [2.05, 4.69) is 26.1 Å². The second-order valence-corrected chi connectivity index (χ2v) is 3.97. The fourth-order valence-electron chi connectivity index (χ4n) is 1.01. The summed E-state index contributed by atoms with van der Waals surface area (Å²) in [6, 6.07) is 0.0231. The highest BCUT2D eigenvalue weighted by Gasteiger charge is 2.18. The Morgan fingerprint density at radius 1 is 1.45 bits per heavy atom. The van der Waals surface area contributed by atoms with Crippen molar-refractivity contribution >= 4 is 5.78 Å². The first kappa shape index (κ1) is 10.6. The molecule has 0 aliphatic rings. The Kier molecular flexibility index (Phi) is 3.73. The molecular weight excluding hydrogens is 138 g/mol. The maximum absolute atomic E-state index is 11.0. The number of ketones is 1. The minimum absolute atomic E-state index is 0.0231. The Morgan fingerprint density at radius 2 is 1.91 bits per heavy atom. The van der Waals surface area contributed by atoms with E-state index in [0.717, 1.165) is 6.42 Å². The van der Waals surface area contributed by atoms with E-state index in [9.17, 15) is 4.79 Å². The highest BCUT2D eigenvalue weighted by Crippen LogP contribution is 2.03. The van der Waals surface area contributed by atoms with Crippen molar-refractivity contribution in [3.05, 3.63) is 0 Å². The van der Waals surface area contributed by atoms with Crippen LogP contribution in [0.3, 0.4) is 0 Å². The Balaban J connectivity index is 3.99. The van der Waals surface area contributed by atoms with Crippen LogP contribution in [0.2, 0.25) is 0 Å². The van der Waals surface area contributed by atoms with Gasteiger partial charge in [0.15, 0.2) is 0 Å². The van der Waals surface area contributed by atoms with E-state index in [-0.39, 0.29) is 17.4 Å². The van der Waals surface area contributed by atoms with Gasteiger partial charge in [0.05, 0.1) is 6.04 Å². The lowest BCUT2D eigenvalue weighted by atomic mass is 10.0. The first-order chi connectivity index (χ1) is 4.87. The maximum Gasteiger partial charge on any atom is 0.146 e. The van der Waals surface area contributed by atoms with E-state index in [1.807, 2.05) is 6.92 Å². The van der Waals surface area contributed by atoms with E-state index in [4.69, 9.17) is 0 Å². The van der Waals surface area contributed by atoms with E-state index in [1.165, 1.54) is 0 Å². The van der Waals surface area contributed by atoms with Crippen molar-refractivity contribution < 1.29 is 4.79 Å². The lowest BCUT2D eigenvalue weighted by Crippen LogP contribution is -2.46. The molecule has 2 heteroatoms. The molecule has 0 aromatic carbocycles. The molecule has 0 rings (SSSR count). The zero-order valence-electron chi connectivity index (χ0n) is 8.19. The standard InChI is InChI=1S/C9H19NO/c1-6-8(7(2)11)10-9(3,4)5/h8,10H,6H2,1-5H3. The van der Waals surface area contributed by atoms with E-state index in [1.54, 1.807) is 6.92 Å². The van der Waals surface area contributed by atoms with Gasteiger partial charge in [-0.1, -0.05) is 6.92 Å². The molecule has 1 unspecified atom stereocenters. The second-order valence-electron chi connectivity index (χ2n) is 3.97. The number of nitrogens with one attached hydrogen (secondary N) is 1. The number of hydrogen-bond donors (Lipinski definition) is 1. The lowest BCUT2D eigenvalue weighted by Gasteiger charge is -2.26. The van der Waals surface area contributed by atoms with Crippen molar-refractivity contribution in [2.24, 2.45) is 0 Å². The zero-order valence-corrected chi connectivity index (χ0v) is 8.19. The van der Waals surface area contributed by atoms with Gasteiger partial charge < -0.3 is 5.32 Å². The molecule has 0 saturated heterocycles. The molecule has 0 heterocycles. The molecule has 1 atom stereocenters. The van der Waals surface area contributed by atoms with E-state index in [0.29, 0.717) is 0 Å². The predicted molar refractivity (Wildman–Crippen MR) is 47.6 cm³/mol. The largest absolute Gasteiger partial charge is 0.303 e. The molecule has 0 amide bonds. The van der Waals surface area contributed by atoms with Crippen molar-refractivity contribution in [2.45, 2.75) is 52.6 Å². The first-order valence-corrected chi connectivity index (χ1v) is 4.15. The van der Waals surface area contributed by atoms with Gasteiger partial charge in [-0.3, -0.25) is 4.79 Å². The molecule has 0 aromatic rings. The third-order valence-corrected chi connectivity index (χ3v) is 1.51. The highest BCUT2D eigenvalue weighted by molar-refractivity contribution is 5.81. The van der Waals surface area contributed by atoms with Crippen molar-refractivity contribution in [1.29, 1.82) is 0 Å². The van der Waals surface area contributed by atoms with Gasteiger partial charge in [0.2, 0.25) is 0 Å². The number of carbonyl (C=O) groups excluding carboxylic acids is 1. The van der Waals surface area contributed by atoms with Crippen LogP contribution in [0.5, 0.6) is 0 Å². The third-order valence-electron chi connectivity index (χ3n) is 1.51. The molecule has 2 nitrogen and oxygen atoms in total. The van der Waals surface area contributed by atoms with Crippen LogP contribution in [-0.2, 0) is 4.79 Å². The van der Waals surface area contributed by atoms with E-state index >= 15 is 0 Å². The van der Waals surface area contributed by atoms with Crippen LogP contribution in [0.1, 0.15) is 41.0 Å². The summed E-state index contributed by atoms with van der Waals surface area (Å²) in [5.74, 6) is 0.224. The Labute approximate surface area is 69.4 Å². The molecule has 0 bridgehead atoms. The molecule has 0 fully saturated rings. The van der Waals surface area contributed by atoms with Gasteiger partial charge in [0.1, 0.15) is 5.78 Å². The predicted octanol–water partition coefficient (Wildman–Crippen LogP) is 1.74. The lowest BCUT2D eigenvalue weighted by molar-refractivity contribution is -0.119. The van der Waals surface area contributed by atoms with Gasteiger partial charge in [-0.2, -0.15) is 0 Å². The highest BCUT2D eigenvalue weighted by atomic mass is 16.1. The Morgan fingerprint density at radius 3 is 2.00 bits per heavy atom. The number of rotatable bonds is 3. The normalized spacial score (nSPS) is 14.6. The van der Waals surface area contributed by atoms with Crippen LogP contribution in [0.15, 0.2) is 0 Å². The maximum atomic E-state index is 11.0. The molecule has 1 N–H and O–H groups in total. The SMILES string of the molecule is CCC(NC(C)(C)C)C(C)=O. The summed E-state index contributed by atoms with van der Waals surface area (Å²) < 4.78 is 0. The average Bonchev–Trinajstić information content (AvgIpc) is 1.80. The Bertz CT molecular complexity index is 135. The summed E-state index contributed by atoms with van der Waals surface area (Å²) in [5.41, 5.74) is 0.0341. The van der Waals surface area contributed by atoms with Gasteiger partial charge in [0, 0.05) is 5.54 Å². The number of hydrogen-bond acceptors (Lipinski definition) is 2. The van der Waals surface area contributed by atoms with Crippen LogP contribution in [0.4, 0.5) is 0 Å². The van der Waals surface area contributed by atoms with Crippen LogP contribution < -0.4 is 5.32 Å². The van der Waals surface area contributed by atoms with Gasteiger partial charge in [-0.25, -0.2) is 0 Å². The minimum atomic E-state index is 0.0231. The summed E-state index contributed by atoms with van der Waals surface area (Å²) in [5, 5.41) is 3.26. The molecule has 0 radical (unpaired) electrons. The molecular formula is C9H19NO. The van der Waals surface area contributed by atoms with Crippen molar-refractivity contribution in [1.82, 2.24) is 5.32 Å². The molecule has 0 aliphatic heterocycles.